The van der Waals surface area contributed by atoms with Crippen molar-refractivity contribution >= 4 is 49.5 Å². The van der Waals surface area contributed by atoms with Gasteiger partial charge in [0.15, 0.2) is 0 Å². The number of carbonyl (C=O) groups is 3. The molecule has 42 heavy (non-hydrogen) atoms. The average Bonchev–Trinajstić information content (AvgIpc) is 3.72. The van der Waals surface area contributed by atoms with E-state index in [1.165, 1.54) is 84.8 Å². The van der Waals surface area contributed by atoms with Gasteiger partial charge in [0.2, 0.25) is 0 Å². The number of hydrogen-bond acceptors (Lipinski definition) is 15. The SMILES string of the molecule is C=C(C)C(=O)OOC(=O)/C(C)=C1\CC1(OC(=O)C(=C)C)[Si]([Si](OC)(OC)OC)([Si](OC)(OC)OC)[Si](OC)(OC)OC. The van der Waals surface area contributed by atoms with Crippen LogP contribution in [-0.2, 0) is 68.7 Å². The normalized spacial score (nSPS) is 18.7. The van der Waals surface area contributed by atoms with E-state index >= 15 is 0 Å². The maximum Gasteiger partial charge on any atom is 0.487 e. The molecule has 0 heterocycles. The second kappa shape index (κ2) is 14.7. The van der Waals surface area contributed by atoms with Gasteiger partial charge < -0.3 is 44.6 Å². The van der Waals surface area contributed by atoms with Gasteiger partial charge in [0.05, 0.1) is 0 Å². The monoisotopic (exact) mass is 670 g/mol. The standard InChI is InChI=1S/C23H42O15Si4/c1-16(2)20(24)36-23(15-19(23)18(5)22(26)38-37-21(25)17(3)4)39(40(27-6,28-7)29-8,41(30-9,31-10)32-11)42(33-12,34-13)35-14/h1,3,15H2,2,4-14H3/b19-18+. The summed E-state index contributed by atoms with van der Waals surface area (Å²) in [5.74, 6) is -2.87. The minimum atomic E-state index is -4.55. The van der Waals surface area contributed by atoms with E-state index in [-0.39, 0.29) is 28.7 Å². The van der Waals surface area contributed by atoms with Gasteiger partial charge in [-0.05, 0) is 26.3 Å². The average molecular weight is 671 g/mol. The van der Waals surface area contributed by atoms with Crippen LogP contribution in [0.1, 0.15) is 27.2 Å². The smallest absolute Gasteiger partial charge is 0.455 e. The first kappa shape index (κ1) is 38.2. The lowest BCUT2D eigenvalue weighted by Crippen LogP contribution is -2.99. The molecule has 0 saturated heterocycles. The van der Waals surface area contributed by atoms with Crippen LogP contribution in [0.5, 0.6) is 0 Å². The zero-order chi connectivity index (χ0) is 32.7. The van der Waals surface area contributed by atoms with Crippen LogP contribution in [-0.4, -0.2) is 119 Å². The molecule has 1 rings (SSSR count). The fourth-order valence-corrected chi connectivity index (χ4v) is 58.7. The Morgan fingerprint density at radius 2 is 0.881 bits per heavy atom. The van der Waals surface area contributed by atoms with Gasteiger partial charge in [-0.25, -0.2) is 24.2 Å². The Hall–Kier alpha value is -1.86. The van der Waals surface area contributed by atoms with E-state index in [4.69, 9.17) is 49.5 Å². The number of carbonyl (C=O) groups excluding carboxylic acids is 3. The van der Waals surface area contributed by atoms with Gasteiger partial charge in [-0.1, -0.05) is 13.2 Å². The Bertz CT molecular complexity index is 1010. The van der Waals surface area contributed by atoms with Gasteiger partial charge >= 0.3 is 49.5 Å². The predicted molar refractivity (Wildman–Crippen MR) is 154 cm³/mol. The Morgan fingerprint density at radius 1 is 0.571 bits per heavy atom. The van der Waals surface area contributed by atoms with E-state index in [1.807, 2.05) is 0 Å². The fourth-order valence-electron chi connectivity index (χ4n) is 5.18. The molecule has 0 N–H and O–H groups in total. The first-order valence-electron chi connectivity index (χ1n) is 12.3. The zero-order valence-corrected chi connectivity index (χ0v) is 30.2. The molecule has 0 amide bonds. The zero-order valence-electron chi connectivity index (χ0n) is 26.2. The summed E-state index contributed by atoms with van der Waals surface area (Å²) in [5, 5.41) is -1.86. The third-order valence-electron chi connectivity index (χ3n) is 7.11. The van der Waals surface area contributed by atoms with Crippen LogP contribution in [0.2, 0.25) is 0 Å². The lowest BCUT2D eigenvalue weighted by molar-refractivity contribution is -0.252. The quantitative estimate of drug-likeness (QED) is 0.0708. The highest BCUT2D eigenvalue weighted by molar-refractivity contribution is 7.84. The molecule has 15 nitrogen and oxygen atoms in total. The minimum Gasteiger partial charge on any atom is -0.455 e. The van der Waals surface area contributed by atoms with Gasteiger partial charge in [0, 0.05) is 87.1 Å². The summed E-state index contributed by atoms with van der Waals surface area (Å²) >= 11 is 0. The highest BCUT2D eigenvalue weighted by Crippen LogP contribution is 2.62. The highest BCUT2D eigenvalue weighted by atomic mass is 30.0. The number of rotatable bonds is 17. The molecular formula is C23H42O15Si4. The molecule has 1 aliphatic rings. The van der Waals surface area contributed by atoms with Gasteiger partial charge in [0.25, 0.3) is 0 Å². The van der Waals surface area contributed by atoms with Crippen LogP contribution in [0.25, 0.3) is 0 Å². The summed E-state index contributed by atoms with van der Waals surface area (Å²) in [5.41, 5.74) is 0.144. The Balaban J connectivity index is 4.51. The molecule has 1 aliphatic carbocycles. The molecule has 0 aromatic heterocycles. The Kier molecular flexibility index (Phi) is 13.4. The first-order chi connectivity index (χ1) is 19.6. The molecule has 1 unspecified atom stereocenters. The minimum absolute atomic E-state index is 0.00103. The molecule has 0 spiro atoms. The maximum atomic E-state index is 13.4. The third-order valence-corrected chi connectivity index (χ3v) is 50.4. The molecule has 1 atom stereocenters. The van der Waals surface area contributed by atoms with Crippen molar-refractivity contribution in [1.29, 1.82) is 0 Å². The van der Waals surface area contributed by atoms with Gasteiger partial charge in [-0.3, -0.25) is 0 Å². The van der Waals surface area contributed by atoms with Crippen molar-refractivity contribution in [3.63, 3.8) is 0 Å². The summed E-state index contributed by atoms with van der Waals surface area (Å²) in [4.78, 5) is 47.9. The highest BCUT2D eigenvalue weighted by Gasteiger charge is 3.02. The van der Waals surface area contributed by atoms with Crippen molar-refractivity contribution in [3.8, 4) is 0 Å². The van der Waals surface area contributed by atoms with E-state index in [0.717, 1.165) is 0 Å². The van der Waals surface area contributed by atoms with E-state index in [0.29, 0.717) is 0 Å². The molecule has 1 fully saturated rings. The van der Waals surface area contributed by atoms with E-state index < -0.39 is 54.7 Å². The van der Waals surface area contributed by atoms with Crippen LogP contribution >= 0.6 is 0 Å². The predicted octanol–water partition coefficient (Wildman–Crippen LogP) is 1.000. The van der Waals surface area contributed by atoms with E-state index in [1.54, 1.807) is 0 Å². The van der Waals surface area contributed by atoms with Crippen LogP contribution in [0.4, 0.5) is 0 Å². The van der Waals surface area contributed by atoms with E-state index in [2.05, 4.69) is 18.0 Å². The Labute approximate surface area is 249 Å². The van der Waals surface area contributed by atoms with E-state index in [9.17, 15) is 14.4 Å². The number of ether oxygens (including phenoxy) is 1. The van der Waals surface area contributed by atoms with Crippen molar-refractivity contribution in [3.05, 3.63) is 35.5 Å². The number of esters is 1. The molecule has 19 heteroatoms. The summed E-state index contributed by atoms with van der Waals surface area (Å²) < 4.78 is 61.2. The van der Waals surface area contributed by atoms with Crippen LogP contribution in [0, 0.1) is 0 Å². The molecule has 0 radical (unpaired) electrons. The summed E-state index contributed by atoms with van der Waals surface area (Å²) in [6.45, 7) is 6.82. The lowest BCUT2D eigenvalue weighted by atomic mass is 10.3. The van der Waals surface area contributed by atoms with Crippen molar-refractivity contribution in [2.75, 3.05) is 64.0 Å². The summed E-state index contributed by atoms with van der Waals surface area (Å²) in [6, 6.07) is 0. The first-order valence-corrected chi connectivity index (χ1v) is 22.4. The van der Waals surface area contributed by atoms with Crippen molar-refractivity contribution in [1.82, 2.24) is 0 Å². The lowest BCUT2D eigenvalue weighted by Gasteiger charge is -2.54. The molecule has 0 bridgehead atoms. The van der Waals surface area contributed by atoms with Crippen LogP contribution in [0.15, 0.2) is 35.5 Å². The summed E-state index contributed by atoms with van der Waals surface area (Å²) in [7, 11) is -0.964. The number of hydrogen-bond donors (Lipinski definition) is 0. The fraction of sp³-hybridized carbons (Fsp3) is 0.609. The topological polar surface area (TPSA) is 162 Å². The van der Waals surface area contributed by atoms with Crippen LogP contribution < -0.4 is 0 Å². The molecule has 0 aromatic carbocycles. The van der Waals surface area contributed by atoms with Crippen LogP contribution in [0.3, 0.4) is 0 Å². The molecule has 0 aromatic rings. The third kappa shape index (κ3) is 5.69. The van der Waals surface area contributed by atoms with Crippen molar-refractivity contribution in [2.45, 2.75) is 32.4 Å². The second-order valence-electron chi connectivity index (χ2n) is 9.05. The maximum absolute atomic E-state index is 13.4. The largest absolute Gasteiger partial charge is 0.487 e. The Morgan fingerprint density at radius 3 is 1.17 bits per heavy atom. The molecular weight excluding hydrogens is 629 g/mol. The van der Waals surface area contributed by atoms with Gasteiger partial charge in [0.1, 0.15) is 5.22 Å². The van der Waals surface area contributed by atoms with Crippen molar-refractivity contribution < 1.29 is 68.7 Å². The molecule has 240 valence electrons. The molecule has 0 aliphatic heterocycles. The van der Waals surface area contributed by atoms with Gasteiger partial charge in [-0.2, -0.15) is 0 Å². The van der Waals surface area contributed by atoms with Crippen molar-refractivity contribution in [2.24, 2.45) is 0 Å². The molecule has 1 saturated carbocycles. The summed E-state index contributed by atoms with van der Waals surface area (Å²) in [6.07, 6.45) is -0.131. The second-order valence-corrected chi connectivity index (χ2v) is 35.1. The van der Waals surface area contributed by atoms with Gasteiger partial charge in [-0.15, -0.1) is 0 Å².